The summed E-state index contributed by atoms with van der Waals surface area (Å²) < 4.78 is 0. The van der Waals surface area contributed by atoms with Crippen molar-refractivity contribution in [2.45, 2.75) is 20.8 Å². The Morgan fingerprint density at radius 2 is 1.81 bits per heavy atom. The summed E-state index contributed by atoms with van der Waals surface area (Å²) in [5.74, 6) is -2.09. The van der Waals surface area contributed by atoms with Gasteiger partial charge >= 0.3 is 5.97 Å². The smallest absolute Gasteiger partial charge is 0.318 e. The first-order valence-corrected chi connectivity index (χ1v) is 5.00. The number of rotatable bonds is 5. The van der Waals surface area contributed by atoms with Crippen molar-refractivity contribution in [3.8, 4) is 0 Å². The van der Waals surface area contributed by atoms with E-state index >= 15 is 0 Å². The molecule has 0 radical (unpaired) electrons. The van der Waals surface area contributed by atoms with E-state index in [0.717, 1.165) is 0 Å². The normalized spacial score (nSPS) is 10.8. The van der Waals surface area contributed by atoms with E-state index in [0.29, 0.717) is 6.54 Å². The summed E-state index contributed by atoms with van der Waals surface area (Å²) in [6.45, 7) is 4.51. The van der Waals surface area contributed by atoms with Crippen LogP contribution in [0.2, 0.25) is 0 Å². The Balaban J connectivity index is 4.78. The minimum atomic E-state index is -1.51. The summed E-state index contributed by atoms with van der Waals surface area (Å²) >= 11 is 0. The number of hydrogen-bond acceptors (Lipinski definition) is 3. The Labute approximate surface area is 94.6 Å². The molecule has 2 amide bonds. The number of amides is 2. The van der Waals surface area contributed by atoms with Gasteiger partial charge in [-0.15, -0.1) is 0 Å². The standard InChI is InChI=1S/C10H18N2O4/c1-5-12(6-7(13)11-4)8(14)10(2,3)9(15)16/h5-6H2,1-4H3,(H,11,13)(H,15,16). The SMILES string of the molecule is CCN(CC(=O)NC)C(=O)C(C)(C)C(=O)O. The van der Waals surface area contributed by atoms with Gasteiger partial charge in [0.25, 0.3) is 0 Å². The third-order valence-corrected chi connectivity index (χ3v) is 2.35. The molecule has 0 aromatic carbocycles. The van der Waals surface area contributed by atoms with Crippen LogP contribution in [-0.2, 0) is 14.4 Å². The first kappa shape index (κ1) is 14.4. The second-order valence-corrected chi connectivity index (χ2v) is 3.92. The summed E-state index contributed by atoms with van der Waals surface area (Å²) in [6.07, 6.45) is 0. The van der Waals surface area contributed by atoms with Crippen molar-refractivity contribution in [3.05, 3.63) is 0 Å². The molecule has 0 unspecified atom stereocenters. The van der Waals surface area contributed by atoms with Crippen molar-refractivity contribution in [1.29, 1.82) is 0 Å². The Morgan fingerprint density at radius 1 is 1.31 bits per heavy atom. The average molecular weight is 230 g/mol. The van der Waals surface area contributed by atoms with E-state index in [9.17, 15) is 14.4 Å². The summed E-state index contributed by atoms with van der Waals surface area (Å²) in [7, 11) is 1.46. The molecule has 0 spiro atoms. The third-order valence-electron chi connectivity index (χ3n) is 2.35. The Morgan fingerprint density at radius 3 is 2.12 bits per heavy atom. The van der Waals surface area contributed by atoms with Gasteiger partial charge < -0.3 is 15.3 Å². The summed E-state index contributed by atoms with van der Waals surface area (Å²) in [6, 6.07) is 0. The number of likely N-dealkylation sites (N-methyl/N-ethyl adjacent to an activating group) is 2. The monoisotopic (exact) mass is 230 g/mol. The van der Waals surface area contributed by atoms with Gasteiger partial charge in [-0.1, -0.05) is 0 Å². The van der Waals surface area contributed by atoms with Crippen LogP contribution >= 0.6 is 0 Å². The van der Waals surface area contributed by atoms with Crippen LogP contribution in [0.1, 0.15) is 20.8 Å². The van der Waals surface area contributed by atoms with Crippen molar-refractivity contribution in [2.24, 2.45) is 5.41 Å². The number of carboxylic acids is 1. The van der Waals surface area contributed by atoms with Crippen LogP contribution in [0.5, 0.6) is 0 Å². The van der Waals surface area contributed by atoms with E-state index in [4.69, 9.17) is 5.11 Å². The molecule has 0 aromatic heterocycles. The first-order chi connectivity index (χ1) is 7.27. The van der Waals surface area contributed by atoms with Crippen molar-refractivity contribution in [1.82, 2.24) is 10.2 Å². The Kier molecular flexibility index (Phi) is 4.94. The molecule has 0 saturated carbocycles. The molecule has 0 fully saturated rings. The molecule has 0 heterocycles. The fraction of sp³-hybridized carbons (Fsp3) is 0.700. The molecule has 6 nitrogen and oxygen atoms in total. The predicted octanol–water partition coefficient (Wildman–Crippen LogP) is -0.308. The van der Waals surface area contributed by atoms with Gasteiger partial charge in [-0.05, 0) is 20.8 Å². The minimum absolute atomic E-state index is 0.122. The number of hydrogen-bond donors (Lipinski definition) is 2. The lowest BCUT2D eigenvalue weighted by molar-refractivity contribution is -0.159. The minimum Gasteiger partial charge on any atom is -0.480 e. The van der Waals surface area contributed by atoms with Gasteiger partial charge in [0.15, 0.2) is 0 Å². The maximum atomic E-state index is 11.9. The zero-order chi connectivity index (χ0) is 12.9. The van der Waals surface area contributed by atoms with E-state index in [2.05, 4.69) is 5.32 Å². The molecule has 0 bridgehead atoms. The Hall–Kier alpha value is -1.59. The molecule has 0 aliphatic rings. The van der Waals surface area contributed by atoms with Crippen molar-refractivity contribution < 1.29 is 19.5 Å². The van der Waals surface area contributed by atoms with E-state index in [1.807, 2.05) is 0 Å². The van der Waals surface area contributed by atoms with Crippen LogP contribution in [0.25, 0.3) is 0 Å². The lowest BCUT2D eigenvalue weighted by Crippen LogP contribution is -2.48. The van der Waals surface area contributed by atoms with Gasteiger partial charge in [-0.25, -0.2) is 0 Å². The van der Waals surface area contributed by atoms with E-state index < -0.39 is 17.3 Å². The van der Waals surface area contributed by atoms with Crippen LogP contribution < -0.4 is 5.32 Å². The highest BCUT2D eigenvalue weighted by Crippen LogP contribution is 2.18. The maximum absolute atomic E-state index is 11.9. The van der Waals surface area contributed by atoms with Crippen LogP contribution in [0, 0.1) is 5.41 Å². The fourth-order valence-electron chi connectivity index (χ4n) is 1.07. The molecule has 2 N–H and O–H groups in total. The van der Waals surface area contributed by atoms with Crippen LogP contribution in [0.3, 0.4) is 0 Å². The van der Waals surface area contributed by atoms with Gasteiger partial charge in [0.05, 0.1) is 6.54 Å². The number of carbonyl (C=O) groups is 3. The molecular weight excluding hydrogens is 212 g/mol. The molecule has 0 aromatic rings. The predicted molar refractivity (Wildman–Crippen MR) is 57.7 cm³/mol. The summed E-state index contributed by atoms with van der Waals surface area (Å²) in [5, 5.41) is 11.3. The number of carbonyl (C=O) groups excluding carboxylic acids is 2. The van der Waals surface area contributed by atoms with Crippen LogP contribution in [0.15, 0.2) is 0 Å². The van der Waals surface area contributed by atoms with Crippen molar-refractivity contribution in [2.75, 3.05) is 20.1 Å². The molecule has 92 valence electrons. The summed E-state index contributed by atoms with van der Waals surface area (Å²) in [4.78, 5) is 35.1. The molecular formula is C10H18N2O4. The van der Waals surface area contributed by atoms with Crippen LogP contribution in [0.4, 0.5) is 0 Å². The Bertz CT molecular complexity index is 299. The van der Waals surface area contributed by atoms with E-state index in [-0.39, 0.29) is 12.5 Å². The van der Waals surface area contributed by atoms with Gasteiger partial charge in [-0.3, -0.25) is 14.4 Å². The van der Waals surface area contributed by atoms with Crippen molar-refractivity contribution in [3.63, 3.8) is 0 Å². The molecule has 0 atom stereocenters. The number of nitrogens with zero attached hydrogens (tertiary/aromatic N) is 1. The lowest BCUT2D eigenvalue weighted by atomic mass is 9.92. The maximum Gasteiger partial charge on any atom is 0.318 e. The highest BCUT2D eigenvalue weighted by molar-refractivity contribution is 6.02. The number of nitrogens with one attached hydrogen (secondary N) is 1. The van der Waals surface area contributed by atoms with Gasteiger partial charge in [0.1, 0.15) is 5.41 Å². The zero-order valence-corrected chi connectivity index (χ0v) is 10.0. The zero-order valence-electron chi connectivity index (χ0n) is 10.0. The first-order valence-electron chi connectivity index (χ1n) is 5.00. The molecule has 6 heteroatoms. The quantitative estimate of drug-likeness (QED) is 0.634. The highest BCUT2D eigenvalue weighted by atomic mass is 16.4. The van der Waals surface area contributed by atoms with Gasteiger partial charge in [-0.2, -0.15) is 0 Å². The lowest BCUT2D eigenvalue weighted by Gasteiger charge is -2.27. The fourth-order valence-corrected chi connectivity index (χ4v) is 1.07. The molecule has 0 aliphatic heterocycles. The van der Waals surface area contributed by atoms with Crippen LogP contribution in [-0.4, -0.2) is 47.9 Å². The second-order valence-electron chi connectivity index (χ2n) is 3.92. The average Bonchev–Trinajstić information content (AvgIpc) is 2.24. The molecule has 0 saturated heterocycles. The van der Waals surface area contributed by atoms with Gasteiger partial charge in [0.2, 0.25) is 11.8 Å². The molecule has 0 rings (SSSR count). The summed E-state index contributed by atoms with van der Waals surface area (Å²) in [5.41, 5.74) is -1.51. The highest BCUT2D eigenvalue weighted by Gasteiger charge is 2.39. The largest absolute Gasteiger partial charge is 0.480 e. The topological polar surface area (TPSA) is 86.7 Å². The third kappa shape index (κ3) is 3.22. The number of aliphatic carboxylic acids is 1. The van der Waals surface area contributed by atoms with E-state index in [1.165, 1.54) is 25.8 Å². The molecule has 0 aliphatic carbocycles. The van der Waals surface area contributed by atoms with Gasteiger partial charge in [0, 0.05) is 13.6 Å². The molecule has 16 heavy (non-hydrogen) atoms. The van der Waals surface area contributed by atoms with E-state index in [1.54, 1.807) is 6.92 Å². The second kappa shape index (κ2) is 5.48. The van der Waals surface area contributed by atoms with Crippen molar-refractivity contribution >= 4 is 17.8 Å². The number of carboxylic acid groups (broad SMARTS) is 1.